The molecule has 26 heavy (non-hydrogen) atoms. The molecule has 1 saturated heterocycles. The molecule has 146 valence electrons. The number of aromatic nitrogens is 2. The smallest absolute Gasteiger partial charge is 0.231 e. The van der Waals surface area contributed by atoms with E-state index in [1.807, 2.05) is 4.90 Å². The molecule has 7 heteroatoms. The molecule has 0 radical (unpaired) electrons. The van der Waals surface area contributed by atoms with Crippen molar-refractivity contribution in [2.45, 2.75) is 79.2 Å². The van der Waals surface area contributed by atoms with Crippen LogP contribution in [0.25, 0.3) is 0 Å². The molecule has 2 amide bonds. The van der Waals surface area contributed by atoms with Crippen molar-refractivity contribution in [1.29, 1.82) is 0 Å². The molecule has 1 aromatic heterocycles. The molecular formula is C19H32N4O2S. The van der Waals surface area contributed by atoms with E-state index in [-0.39, 0.29) is 40.5 Å². The summed E-state index contributed by atoms with van der Waals surface area (Å²) >= 11 is 1.39. The second-order valence-electron chi connectivity index (χ2n) is 10.1. The predicted molar refractivity (Wildman–Crippen MR) is 105 cm³/mol. The number of carbonyl (C=O) groups is 2. The highest BCUT2D eigenvalue weighted by Crippen LogP contribution is 2.35. The van der Waals surface area contributed by atoms with Gasteiger partial charge in [-0.15, -0.1) is 10.2 Å². The molecule has 2 heterocycles. The molecule has 1 fully saturated rings. The fourth-order valence-electron chi connectivity index (χ4n) is 3.65. The van der Waals surface area contributed by atoms with Crippen molar-refractivity contribution in [2.24, 2.45) is 11.3 Å². The highest BCUT2D eigenvalue weighted by molar-refractivity contribution is 7.15. The summed E-state index contributed by atoms with van der Waals surface area (Å²) in [6, 6.07) is 0. The summed E-state index contributed by atoms with van der Waals surface area (Å²) in [4.78, 5) is 27.0. The minimum absolute atomic E-state index is 0.0482. The first-order valence-electron chi connectivity index (χ1n) is 9.14. The first-order chi connectivity index (χ1) is 11.7. The lowest BCUT2D eigenvalue weighted by Crippen LogP contribution is -2.47. The second-order valence-corrected chi connectivity index (χ2v) is 11.1. The maximum Gasteiger partial charge on any atom is 0.231 e. The molecule has 6 nitrogen and oxygen atoms in total. The lowest BCUT2D eigenvalue weighted by molar-refractivity contribution is -0.133. The summed E-state index contributed by atoms with van der Waals surface area (Å²) in [5.41, 5.74) is -0.260. The molecule has 0 aliphatic carbocycles. The van der Waals surface area contributed by atoms with Gasteiger partial charge in [0, 0.05) is 23.9 Å². The van der Waals surface area contributed by atoms with E-state index in [1.54, 1.807) is 0 Å². The van der Waals surface area contributed by atoms with Crippen LogP contribution in [-0.4, -0.2) is 39.0 Å². The van der Waals surface area contributed by atoms with Crippen LogP contribution < -0.4 is 5.32 Å². The highest BCUT2D eigenvalue weighted by Gasteiger charge is 2.43. The lowest BCUT2D eigenvalue weighted by Gasteiger charge is -2.40. The van der Waals surface area contributed by atoms with E-state index < -0.39 is 0 Å². The van der Waals surface area contributed by atoms with Crippen molar-refractivity contribution >= 4 is 28.3 Å². The predicted octanol–water partition coefficient (Wildman–Crippen LogP) is 3.84. The lowest BCUT2D eigenvalue weighted by atomic mass is 9.81. The van der Waals surface area contributed by atoms with Gasteiger partial charge in [-0.1, -0.05) is 52.9 Å². The first kappa shape index (κ1) is 20.8. The Morgan fingerprint density at radius 3 is 2.27 bits per heavy atom. The van der Waals surface area contributed by atoms with Gasteiger partial charge in [0.15, 0.2) is 0 Å². The van der Waals surface area contributed by atoms with E-state index in [4.69, 9.17) is 0 Å². The van der Waals surface area contributed by atoms with Crippen molar-refractivity contribution in [2.75, 3.05) is 11.9 Å². The van der Waals surface area contributed by atoms with Gasteiger partial charge in [0.2, 0.25) is 16.9 Å². The van der Waals surface area contributed by atoms with Gasteiger partial charge in [-0.2, -0.15) is 0 Å². The summed E-state index contributed by atoms with van der Waals surface area (Å²) in [5, 5.41) is 12.4. The summed E-state index contributed by atoms with van der Waals surface area (Å²) in [6.45, 7) is 17.3. The highest BCUT2D eigenvalue weighted by atomic mass is 32.1. The number of rotatable bonds is 4. The van der Waals surface area contributed by atoms with E-state index in [9.17, 15) is 9.59 Å². The normalized spacial score (nSPS) is 19.2. The number of anilines is 1. The summed E-state index contributed by atoms with van der Waals surface area (Å²) in [6.07, 6.45) is 1.13. The van der Waals surface area contributed by atoms with Gasteiger partial charge in [0.05, 0.1) is 5.92 Å². The maximum absolute atomic E-state index is 12.6. The molecule has 0 saturated carbocycles. The Morgan fingerprint density at radius 2 is 1.77 bits per heavy atom. The summed E-state index contributed by atoms with van der Waals surface area (Å²) < 4.78 is 0. The Balaban J connectivity index is 2.03. The zero-order chi connectivity index (χ0) is 19.9. The van der Waals surface area contributed by atoms with Crippen LogP contribution in [0.2, 0.25) is 0 Å². The van der Waals surface area contributed by atoms with Gasteiger partial charge in [-0.3, -0.25) is 9.59 Å². The molecule has 0 aromatic carbocycles. The van der Waals surface area contributed by atoms with Crippen LogP contribution in [0.3, 0.4) is 0 Å². The fraction of sp³-hybridized carbons (Fsp3) is 0.789. The molecular weight excluding hydrogens is 348 g/mol. The Morgan fingerprint density at radius 1 is 1.15 bits per heavy atom. The van der Waals surface area contributed by atoms with Crippen LogP contribution >= 0.6 is 11.3 Å². The average molecular weight is 381 g/mol. The molecule has 0 spiro atoms. The van der Waals surface area contributed by atoms with Crippen LogP contribution in [-0.2, 0) is 15.0 Å². The maximum atomic E-state index is 12.6. The van der Waals surface area contributed by atoms with Gasteiger partial charge >= 0.3 is 0 Å². The number of likely N-dealkylation sites (tertiary alicyclic amines) is 1. The van der Waals surface area contributed by atoms with Crippen molar-refractivity contribution in [3.05, 3.63) is 5.01 Å². The minimum atomic E-state index is -0.344. The zero-order valence-electron chi connectivity index (χ0n) is 17.3. The van der Waals surface area contributed by atoms with Gasteiger partial charge in [0.1, 0.15) is 5.01 Å². The largest absolute Gasteiger partial charge is 0.337 e. The molecule has 0 bridgehead atoms. The van der Waals surface area contributed by atoms with Crippen molar-refractivity contribution in [3.63, 3.8) is 0 Å². The SMILES string of the molecule is CC(C)(C)CC(C)(C)N1C[C@@H](C(=O)Nc2nnc(C(C)(C)C)s2)CC1=O. The number of amides is 2. The molecule has 2 rings (SSSR count). The molecule has 1 aliphatic rings. The minimum Gasteiger partial charge on any atom is -0.337 e. The third kappa shape index (κ3) is 5.02. The molecule has 1 atom stereocenters. The Hall–Kier alpha value is -1.50. The molecule has 1 N–H and O–H groups in total. The van der Waals surface area contributed by atoms with Crippen LogP contribution in [0.5, 0.6) is 0 Å². The van der Waals surface area contributed by atoms with Crippen molar-refractivity contribution in [3.8, 4) is 0 Å². The van der Waals surface area contributed by atoms with E-state index in [2.05, 4.69) is 70.9 Å². The number of nitrogens with zero attached hydrogens (tertiary/aromatic N) is 3. The summed E-state index contributed by atoms with van der Waals surface area (Å²) in [7, 11) is 0. The van der Waals surface area contributed by atoms with Crippen molar-refractivity contribution < 1.29 is 9.59 Å². The third-order valence-electron chi connectivity index (χ3n) is 4.49. The van der Waals surface area contributed by atoms with E-state index >= 15 is 0 Å². The Bertz CT molecular complexity index is 682. The molecule has 1 aromatic rings. The Labute approximate surface area is 160 Å². The quantitative estimate of drug-likeness (QED) is 0.861. The van der Waals surface area contributed by atoms with Gasteiger partial charge in [0.25, 0.3) is 0 Å². The van der Waals surface area contributed by atoms with Crippen LogP contribution in [0.15, 0.2) is 0 Å². The van der Waals surface area contributed by atoms with E-state index in [1.165, 1.54) is 11.3 Å². The van der Waals surface area contributed by atoms with Crippen LogP contribution in [0.1, 0.15) is 73.2 Å². The van der Waals surface area contributed by atoms with Crippen LogP contribution in [0, 0.1) is 11.3 Å². The van der Waals surface area contributed by atoms with E-state index in [0.29, 0.717) is 11.7 Å². The number of hydrogen-bond acceptors (Lipinski definition) is 5. The topological polar surface area (TPSA) is 75.2 Å². The number of carbonyl (C=O) groups excluding carboxylic acids is 2. The van der Waals surface area contributed by atoms with Gasteiger partial charge < -0.3 is 10.2 Å². The van der Waals surface area contributed by atoms with Gasteiger partial charge in [-0.25, -0.2) is 0 Å². The zero-order valence-corrected chi connectivity index (χ0v) is 18.1. The first-order valence-corrected chi connectivity index (χ1v) is 9.96. The van der Waals surface area contributed by atoms with Gasteiger partial charge in [-0.05, 0) is 25.7 Å². The summed E-state index contributed by atoms with van der Waals surface area (Å²) in [5.74, 6) is -0.445. The van der Waals surface area contributed by atoms with Crippen LogP contribution in [0.4, 0.5) is 5.13 Å². The third-order valence-corrected chi connectivity index (χ3v) is 5.75. The monoisotopic (exact) mass is 380 g/mol. The molecule has 0 unspecified atom stereocenters. The van der Waals surface area contributed by atoms with Crippen molar-refractivity contribution in [1.82, 2.24) is 15.1 Å². The fourth-order valence-corrected chi connectivity index (χ4v) is 4.45. The molecule has 1 aliphatic heterocycles. The van der Waals surface area contributed by atoms with E-state index in [0.717, 1.165) is 11.4 Å². The Kier molecular flexibility index (Phi) is 5.53. The average Bonchev–Trinajstić information content (AvgIpc) is 3.02. The second kappa shape index (κ2) is 6.91. The number of nitrogens with one attached hydrogen (secondary N) is 1. The standard InChI is InChI=1S/C19H32N4O2S/c1-17(2,3)11-19(7,8)23-10-12(9-13(23)24)14(25)20-16-22-21-15(26-16)18(4,5)6/h12H,9-11H2,1-8H3,(H,20,22,25)/t12-/m0/s1. The number of hydrogen-bond donors (Lipinski definition) is 1.